The molecule has 0 bridgehead atoms. The van der Waals surface area contributed by atoms with Gasteiger partial charge in [-0.2, -0.15) is 0 Å². The molecule has 4 heteroatoms. The molecule has 0 aromatic carbocycles. The van der Waals surface area contributed by atoms with E-state index < -0.39 is 5.97 Å². The highest BCUT2D eigenvalue weighted by atomic mass is 16.5. The van der Waals surface area contributed by atoms with Crippen molar-refractivity contribution in [1.29, 1.82) is 0 Å². The van der Waals surface area contributed by atoms with Gasteiger partial charge in [0.25, 0.3) is 0 Å². The molecule has 4 nitrogen and oxygen atoms in total. The molecule has 0 fully saturated rings. The maximum absolute atomic E-state index is 12.4. The molecule has 0 rings (SSSR count). The average Bonchev–Trinajstić information content (AvgIpc) is 2.85. The van der Waals surface area contributed by atoms with Crippen LogP contribution in [0.15, 0.2) is 48.6 Å². The Kier molecular flexibility index (Phi) is 25.9. The number of aliphatic carboxylic acids is 1. The van der Waals surface area contributed by atoms with E-state index in [9.17, 15) is 9.59 Å². The van der Waals surface area contributed by atoms with Crippen LogP contribution in [0.1, 0.15) is 136 Å². The van der Waals surface area contributed by atoms with Crippen LogP contribution >= 0.6 is 0 Å². The number of carboxylic acid groups (broad SMARTS) is 1. The Bertz CT molecular complexity index is 630. The van der Waals surface area contributed by atoms with Gasteiger partial charge in [0.15, 0.2) is 0 Å². The lowest BCUT2D eigenvalue weighted by Crippen LogP contribution is -2.16. The summed E-state index contributed by atoms with van der Waals surface area (Å²) in [5, 5.41) is 8.75. The van der Waals surface area contributed by atoms with Gasteiger partial charge in [0.1, 0.15) is 6.10 Å². The first-order valence-corrected chi connectivity index (χ1v) is 14.6. The molecule has 0 aliphatic heterocycles. The van der Waals surface area contributed by atoms with Gasteiger partial charge in [-0.3, -0.25) is 9.59 Å². The standard InChI is InChI=1S/C32H54O4/c1-3-5-7-9-11-12-13-14-15-16-17-19-25-29-32(35)36-30(26-22-18-10-8-6-4-2)27-23-20-21-24-28-31(33)34/h7-10,12-13,22,26,30H,3-6,11,14-21,23-25,27-29H2,1-2H3,(H,33,34)/b9-7-,10-8-,13-12-,26-22-. The minimum atomic E-state index is -0.733. The second kappa shape index (κ2) is 27.5. The zero-order valence-electron chi connectivity index (χ0n) is 23.3. The highest BCUT2D eigenvalue weighted by molar-refractivity contribution is 5.69. The topological polar surface area (TPSA) is 63.6 Å². The molecule has 0 saturated heterocycles. The van der Waals surface area contributed by atoms with Crippen LogP contribution in [0.4, 0.5) is 0 Å². The van der Waals surface area contributed by atoms with Crippen LogP contribution in [0, 0.1) is 0 Å². The van der Waals surface area contributed by atoms with E-state index >= 15 is 0 Å². The van der Waals surface area contributed by atoms with Crippen LogP contribution in [0.3, 0.4) is 0 Å². The first-order valence-electron chi connectivity index (χ1n) is 14.6. The number of hydrogen-bond acceptors (Lipinski definition) is 3. The highest BCUT2D eigenvalue weighted by Crippen LogP contribution is 2.14. The van der Waals surface area contributed by atoms with Gasteiger partial charge < -0.3 is 9.84 Å². The van der Waals surface area contributed by atoms with Crippen molar-refractivity contribution < 1.29 is 19.4 Å². The van der Waals surface area contributed by atoms with Gasteiger partial charge in [-0.15, -0.1) is 0 Å². The van der Waals surface area contributed by atoms with E-state index in [4.69, 9.17) is 9.84 Å². The van der Waals surface area contributed by atoms with Crippen molar-refractivity contribution in [3.8, 4) is 0 Å². The Labute approximate surface area is 222 Å². The van der Waals surface area contributed by atoms with Gasteiger partial charge in [-0.25, -0.2) is 0 Å². The summed E-state index contributed by atoms with van der Waals surface area (Å²) in [6.07, 6.45) is 35.6. The van der Waals surface area contributed by atoms with Crippen LogP contribution in [0.5, 0.6) is 0 Å². The zero-order valence-corrected chi connectivity index (χ0v) is 23.3. The van der Waals surface area contributed by atoms with Gasteiger partial charge in [0.05, 0.1) is 0 Å². The van der Waals surface area contributed by atoms with E-state index in [1.54, 1.807) is 0 Å². The molecule has 0 amide bonds. The van der Waals surface area contributed by atoms with Crippen molar-refractivity contribution in [2.45, 2.75) is 142 Å². The average molecular weight is 503 g/mol. The number of hydrogen-bond donors (Lipinski definition) is 1. The minimum absolute atomic E-state index is 0.101. The van der Waals surface area contributed by atoms with Crippen molar-refractivity contribution in [1.82, 2.24) is 0 Å². The summed E-state index contributed by atoms with van der Waals surface area (Å²) in [6, 6.07) is 0. The van der Waals surface area contributed by atoms with Gasteiger partial charge >= 0.3 is 11.9 Å². The fraction of sp³-hybridized carbons (Fsp3) is 0.688. The third kappa shape index (κ3) is 26.5. The van der Waals surface area contributed by atoms with Gasteiger partial charge in [-0.05, 0) is 70.3 Å². The summed E-state index contributed by atoms with van der Waals surface area (Å²) >= 11 is 0. The highest BCUT2D eigenvalue weighted by Gasteiger charge is 2.11. The summed E-state index contributed by atoms with van der Waals surface area (Å²) in [4.78, 5) is 23.0. The molecule has 0 saturated carbocycles. The fourth-order valence-electron chi connectivity index (χ4n) is 3.82. The molecule has 1 atom stereocenters. The zero-order chi connectivity index (χ0) is 26.5. The monoisotopic (exact) mass is 502 g/mol. The maximum atomic E-state index is 12.4. The van der Waals surface area contributed by atoms with Gasteiger partial charge in [-0.1, -0.05) is 101 Å². The summed E-state index contributed by atoms with van der Waals surface area (Å²) in [7, 11) is 0. The minimum Gasteiger partial charge on any atom is -0.481 e. The first kappa shape index (κ1) is 33.9. The Morgan fingerprint density at radius 3 is 1.81 bits per heavy atom. The van der Waals surface area contributed by atoms with E-state index in [1.165, 1.54) is 32.1 Å². The lowest BCUT2D eigenvalue weighted by atomic mass is 10.1. The van der Waals surface area contributed by atoms with E-state index in [0.717, 1.165) is 70.6 Å². The number of unbranched alkanes of at least 4 members (excludes halogenated alkanes) is 10. The SMILES string of the molecule is CCC/C=C\C/C=C\CCCCCCCC(=O)OC(/C=C\C/C=C\CCC)CCCCCCC(=O)O. The van der Waals surface area contributed by atoms with Crippen LogP contribution in [-0.4, -0.2) is 23.1 Å². The molecule has 36 heavy (non-hydrogen) atoms. The molecule has 0 aliphatic rings. The van der Waals surface area contributed by atoms with E-state index in [1.807, 2.05) is 6.08 Å². The number of rotatable bonds is 25. The molecular weight excluding hydrogens is 448 g/mol. The van der Waals surface area contributed by atoms with Crippen LogP contribution in [-0.2, 0) is 14.3 Å². The lowest BCUT2D eigenvalue weighted by molar-refractivity contribution is -0.147. The van der Waals surface area contributed by atoms with Crippen LogP contribution < -0.4 is 0 Å². The predicted octanol–water partition coefficient (Wildman–Crippen LogP) is 9.66. The lowest BCUT2D eigenvalue weighted by Gasteiger charge is -2.14. The number of ether oxygens (including phenoxy) is 1. The van der Waals surface area contributed by atoms with E-state index in [0.29, 0.717) is 12.8 Å². The van der Waals surface area contributed by atoms with Crippen LogP contribution in [0.2, 0.25) is 0 Å². The number of esters is 1. The third-order valence-electron chi connectivity index (χ3n) is 5.97. The van der Waals surface area contributed by atoms with E-state index in [-0.39, 0.29) is 18.5 Å². The van der Waals surface area contributed by atoms with Crippen molar-refractivity contribution in [2.75, 3.05) is 0 Å². The predicted molar refractivity (Wildman–Crippen MR) is 153 cm³/mol. The third-order valence-corrected chi connectivity index (χ3v) is 5.97. The van der Waals surface area contributed by atoms with Gasteiger partial charge in [0.2, 0.25) is 0 Å². The Hall–Kier alpha value is -2.10. The number of carbonyl (C=O) groups excluding carboxylic acids is 1. The van der Waals surface area contributed by atoms with Crippen molar-refractivity contribution in [3.63, 3.8) is 0 Å². The number of carbonyl (C=O) groups is 2. The normalized spacial score (nSPS) is 12.9. The van der Waals surface area contributed by atoms with Crippen LogP contribution in [0.25, 0.3) is 0 Å². The van der Waals surface area contributed by atoms with Crippen molar-refractivity contribution in [2.24, 2.45) is 0 Å². The molecule has 0 aromatic heterocycles. The van der Waals surface area contributed by atoms with Gasteiger partial charge in [0, 0.05) is 12.8 Å². The molecule has 0 aliphatic carbocycles. The molecule has 0 heterocycles. The van der Waals surface area contributed by atoms with Crippen molar-refractivity contribution in [3.05, 3.63) is 48.6 Å². The van der Waals surface area contributed by atoms with E-state index in [2.05, 4.69) is 56.4 Å². The molecule has 0 spiro atoms. The smallest absolute Gasteiger partial charge is 0.306 e. The summed E-state index contributed by atoms with van der Waals surface area (Å²) in [5.41, 5.74) is 0. The summed E-state index contributed by atoms with van der Waals surface area (Å²) in [5.74, 6) is -0.834. The largest absolute Gasteiger partial charge is 0.481 e. The molecular formula is C32H54O4. The second-order valence-electron chi connectivity index (χ2n) is 9.57. The molecule has 0 aromatic rings. The summed E-state index contributed by atoms with van der Waals surface area (Å²) in [6.45, 7) is 4.36. The molecule has 0 radical (unpaired) electrons. The number of carboxylic acids is 1. The summed E-state index contributed by atoms with van der Waals surface area (Å²) < 4.78 is 5.77. The quantitative estimate of drug-likeness (QED) is 0.0766. The first-order chi connectivity index (χ1) is 17.6. The Morgan fingerprint density at radius 1 is 0.639 bits per heavy atom. The van der Waals surface area contributed by atoms with Crippen molar-refractivity contribution >= 4 is 11.9 Å². The Balaban J connectivity index is 4.09. The fourth-order valence-corrected chi connectivity index (χ4v) is 3.82. The second-order valence-corrected chi connectivity index (χ2v) is 9.57. The molecule has 1 unspecified atom stereocenters. The Morgan fingerprint density at radius 2 is 1.17 bits per heavy atom. The molecule has 206 valence electrons. The maximum Gasteiger partial charge on any atom is 0.306 e. The number of allylic oxidation sites excluding steroid dienone is 7. The molecule has 1 N–H and O–H groups in total.